The van der Waals surface area contributed by atoms with Crippen molar-refractivity contribution in [2.75, 3.05) is 0 Å². The molecule has 6 nitrogen and oxygen atoms in total. The van der Waals surface area contributed by atoms with Gasteiger partial charge in [-0.05, 0) is 44.0 Å². The van der Waals surface area contributed by atoms with Gasteiger partial charge in [0.05, 0.1) is 23.0 Å². The number of carboxylic acid groups (broad SMARTS) is 1. The summed E-state index contributed by atoms with van der Waals surface area (Å²) in [5, 5.41) is 20.0. The highest BCUT2D eigenvalue weighted by atomic mass is 32.2. The minimum Gasteiger partial charge on any atom is -0.548 e. The van der Waals surface area contributed by atoms with Crippen LogP contribution in [0.5, 0.6) is 0 Å². The Morgan fingerprint density at radius 3 is 2.32 bits per heavy atom. The quantitative estimate of drug-likeness (QED) is 0.728. The number of aliphatic carboxylic acids is 1. The molecular weight excluding hydrogens is 270 g/mol. The first kappa shape index (κ1) is 15.6. The molecule has 106 valence electrons. The Bertz CT molecular complexity index is 580. The fraction of sp³-hybridized carbons (Fsp3) is 0.417. The molecule has 0 aliphatic carbocycles. The van der Waals surface area contributed by atoms with Gasteiger partial charge in [-0.25, -0.2) is 8.42 Å². The first-order valence-electron chi connectivity index (χ1n) is 5.63. The first-order chi connectivity index (χ1) is 8.65. The first-order valence-corrected chi connectivity index (χ1v) is 7.12. The summed E-state index contributed by atoms with van der Waals surface area (Å²) >= 11 is 0. The zero-order valence-corrected chi connectivity index (χ0v) is 11.7. The van der Waals surface area contributed by atoms with Gasteiger partial charge in [-0.15, -0.1) is 0 Å². The molecule has 2 atom stereocenters. The number of hydrogen-bond donors (Lipinski definition) is 2. The van der Waals surface area contributed by atoms with E-state index >= 15 is 0 Å². The fourth-order valence-corrected chi connectivity index (χ4v) is 2.80. The van der Waals surface area contributed by atoms with Crippen molar-refractivity contribution in [3.05, 3.63) is 29.3 Å². The van der Waals surface area contributed by atoms with Gasteiger partial charge in [0.1, 0.15) is 0 Å². The third kappa shape index (κ3) is 3.76. The number of aliphatic hydroxyl groups is 1. The summed E-state index contributed by atoms with van der Waals surface area (Å²) in [5.74, 6) is -1.68. The van der Waals surface area contributed by atoms with Crippen LogP contribution in [-0.2, 0) is 14.8 Å². The Kier molecular flexibility index (Phi) is 4.67. The van der Waals surface area contributed by atoms with Gasteiger partial charge in [0, 0.05) is 0 Å². The Morgan fingerprint density at radius 2 is 1.89 bits per heavy atom. The average molecular weight is 286 g/mol. The van der Waals surface area contributed by atoms with E-state index in [4.69, 9.17) is 0 Å². The number of carbonyl (C=O) groups excluding carboxylic acids is 1. The van der Waals surface area contributed by atoms with Crippen LogP contribution < -0.4 is 9.83 Å². The lowest BCUT2D eigenvalue weighted by Gasteiger charge is -2.22. The van der Waals surface area contributed by atoms with Crippen LogP contribution in [0.1, 0.15) is 18.1 Å². The molecule has 0 saturated carbocycles. The molecule has 0 spiro atoms. The van der Waals surface area contributed by atoms with Crippen LogP contribution in [0.25, 0.3) is 0 Å². The average Bonchev–Trinajstić information content (AvgIpc) is 2.28. The predicted molar refractivity (Wildman–Crippen MR) is 66.7 cm³/mol. The number of aliphatic hydroxyl groups excluding tert-OH is 1. The molecule has 0 heterocycles. The van der Waals surface area contributed by atoms with Crippen molar-refractivity contribution < 1.29 is 23.4 Å². The van der Waals surface area contributed by atoms with E-state index in [2.05, 4.69) is 0 Å². The molecule has 1 rings (SSSR count). The van der Waals surface area contributed by atoms with Gasteiger partial charge >= 0.3 is 0 Å². The maximum absolute atomic E-state index is 12.0. The second kappa shape index (κ2) is 5.68. The molecule has 1 aromatic rings. The summed E-state index contributed by atoms with van der Waals surface area (Å²) in [6, 6.07) is 2.75. The van der Waals surface area contributed by atoms with E-state index < -0.39 is 28.1 Å². The van der Waals surface area contributed by atoms with Crippen LogP contribution >= 0.6 is 0 Å². The third-order valence-electron chi connectivity index (χ3n) is 2.81. The normalized spacial score (nSPS) is 14.9. The SMILES string of the molecule is Cc1ccc(S(=O)(=O)N[C@H](C(=O)[O-])[C@H](C)O)cc1C. The highest BCUT2D eigenvalue weighted by Gasteiger charge is 2.24. The molecule has 0 saturated heterocycles. The van der Waals surface area contributed by atoms with Crippen LogP contribution in [0.15, 0.2) is 23.1 Å². The van der Waals surface area contributed by atoms with Gasteiger partial charge in [-0.3, -0.25) is 0 Å². The van der Waals surface area contributed by atoms with Gasteiger partial charge in [-0.1, -0.05) is 6.07 Å². The lowest BCUT2D eigenvalue weighted by atomic mass is 10.1. The van der Waals surface area contributed by atoms with Crippen molar-refractivity contribution in [2.24, 2.45) is 0 Å². The monoisotopic (exact) mass is 286 g/mol. The zero-order valence-electron chi connectivity index (χ0n) is 10.9. The molecule has 7 heteroatoms. The van der Waals surface area contributed by atoms with E-state index in [9.17, 15) is 23.4 Å². The molecule has 19 heavy (non-hydrogen) atoms. The van der Waals surface area contributed by atoms with Crippen LogP contribution in [0.2, 0.25) is 0 Å². The lowest BCUT2D eigenvalue weighted by molar-refractivity contribution is -0.309. The van der Waals surface area contributed by atoms with Crippen molar-refractivity contribution >= 4 is 16.0 Å². The van der Waals surface area contributed by atoms with Gasteiger partial charge < -0.3 is 15.0 Å². The Labute approximate surface area is 112 Å². The molecular formula is C12H16NO5S-. The molecule has 0 bridgehead atoms. The van der Waals surface area contributed by atoms with E-state index in [1.807, 2.05) is 11.6 Å². The number of carboxylic acids is 1. The molecule has 0 aliphatic rings. The number of hydrogen-bond acceptors (Lipinski definition) is 5. The van der Waals surface area contributed by atoms with Crippen molar-refractivity contribution in [2.45, 2.75) is 37.8 Å². The highest BCUT2D eigenvalue weighted by Crippen LogP contribution is 2.15. The van der Waals surface area contributed by atoms with Gasteiger partial charge in [0.2, 0.25) is 10.0 Å². The van der Waals surface area contributed by atoms with Gasteiger partial charge in [0.15, 0.2) is 0 Å². The van der Waals surface area contributed by atoms with Crippen molar-refractivity contribution in [1.29, 1.82) is 0 Å². The van der Waals surface area contributed by atoms with Crippen molar-refractivity contribution in [1.82, 2.24) is 4.72 Å². The largest absolute Gasteiger partial charge is 0.548 e. The molecule has 0 fully saturated rings. The third-order valence-corrected chi connectivity index (χ3v) is 4.25. The molecule has 0 radical (unpaired) electrons. The molecule has 2 N–H and O–H groups in total. The molecule has 0 aromatic heterocycles. The van der Waals surface area contributed by atoms with E-state index in [0.29, 0.717) is 0 Å². The number of rotatable bonds is 5. The van der Waals surface area contributed by atoms with E-state index in [1.165, 1.54) is 19.1 Å². The smallest absolute Gasteiger partial charge is 0.241 e. The highest BCUT2D eigenvalue weighted by molar-refractivity contribution is 7.89. The van der Waals surface area contributed by atoms with E-state index in [-0.39, 0.29) is 4.90 Å². The Hall–Kier alpha value is -1.44. The molecule has 0 amide bonds. The zero-order chi connectivity index (χ0) is 14.8. The van der Waals surface area contributed by atoms with E-state index in [1.54, 1.807) is 13.0 Å². The van der Waals surface area contributed by atoms with Crippen LogP contribution in [0.4, 0.5) is 0 Å². The number of sulfonamides is 1. The summed E-state index contributed by atoms with van der Waals surface area (Å²) in [6.45, 7) is 4.75. The molecule has 1 aromatic carbocycles. The standard InChI is InChI=1S/C12H17NO5S/c1-7-4-5-10(6-8(7)2)19(17,18)13-11(9(3)14)12(15)16/h4-6,9,11,13-14H,1-3H3,(H,15,16)/p-1/t9-,11-/m0/s1. The number of aryl methyl sites for hydroxylation is 2. The van der Waals surface area contributed by atoms with Crippen molar-refractivity contribution in [3.63, 3.8) is 0 Å². The summed E-state index contributed by atoms with van der Waals surface area (Å²) in [5.41, 5.74) is 1.69. The summed E-state index contributed by atoms with van der Waals surface area (Å²) in [7, 11) is -4.02. The van der Waals surface area contributed by atoms with Crippen LogP contribution in [0.3, 0.4) is 0 Å². The second-order valence-corrected chi connectivity index (χ2v) is 6.12. The minimum atomic E-state index is -4.02. The van der Waals surface area contributed by atoms with Crippen molar-refractivity contribution in [3.8, 4) is 0 Å². The molecule has 0 unspecified atom stereocenters. The minimum absolute atomic E-state index is 0.0532. The second-order valence-electron chi connectivity index (χ2n) is 4.40. The van der Waals surface area contributed by atoms with Crippen LogP contribution in [-0.4, -0.2) is 31.6 Å². The Morgan fingerprint density at radius 1 is 1.32 bits per heavy atom. The number of nitrogens with one attached hydrogen (secondary N) is 1. The fourth-order valence-electron chi connectivity index (χ4n) is 1.46. The van der Waals surface area contributed by atoms with E-state index in [0.717, 1.165) is 11.1 Å². The maximum atomic E-state index is 12.0. The Balaban J connectivity index is 3.10. The molecule has 0 aliphatic heterocycles. The van der Waals surface area contributed by atoms with Gasteiger partial charge in [0.25, 0.3) is 0 Å². The summed E-state index contributed by atoms with van der Waals surface area (Å²) < 4.78 is 25.9. The summed E-state index contributed by atoms with van der Waals surface area (Å²) in [4.78, 5) is 10.7. The lowest BCUT2D eigenvalue weighted by Crippen LogP contribution is -2.53. The number of carbonyl (C=O) groups is 1. The maximum Gasteiger partial charge on any atom is 0.241 e. The topological polar surface area (TPSA) is 107 Å². The predicted octanol–water partition coefficient (Wildman–Crippen LogP) is -0.919. The number of benzene rings is 1. The summed E-state index contributed by atoms with van der Waals surface area (Å²) in [6.07, 6.45) is -1.40. The van der Waals surface area contributed by atoms with Crippen LogP contribution in [0, 0.1) is 13.8 Å². The van der Waals surface area contributed by atoms with Gasteiger partial charge in [-0.2, -0.15) is 4.72 Å².